The predicted molar refractivity (Wildman–Crippen MR) is 82.5 cm³/mol. The molecule has 0 aliphatic rings. The zero-order chi connectivity index (χ0) is 14.0. The summed E-state index contributed by atoms with van der Waals surface area (Å²) in [5.41, 5.74) is 9.43. The number of rotatable bonds is 4. The second kappa shape index (κ2) is 6.07. The molecule has 19 heavy (non-hydrogen) atoms. The van der Waals surface area contributed by atoms with Gasteiger partial charge in [0, 0.05) is 24.5 Å². The largest absolute Gasteiger partial charge is 0.327 e. The Bertz CT molecular complexity index is 580. The maximum atomic E-state index is 6.23. The van der Waals surface area contributed by atoms with Gasteiger partial charge >= 0.3 is 0 Å². The van der Waals surface area contributed by atoms with Gasteiger partial charge in [-0.2, -0.15) is 5.10 Å². The number of hydrogen-bond donors (Lipinski definition) is 1. The fraction of sp³-hybridized carbons (Fsp3) is 0.357. The first-order valence-corrected chi connectivity index (χ1v) is 7.33. The van der Waals surface area contributed by atoms with Crippen LogP contribution in [0.25, 0.3) is 0 Å². The minimum absolute atomic E-state index is 0.0194. The monoisotopic (exact) mass is 341 g/mol. The molecule has 1 unspecified atom stereocenters. The molecule has 0 spiro atoms. The highest BCUT2D eigenvalue weighted by Gasteiger charge is 2.15. The predicted octanol–water partition coefficient (Wildman–Crippen LogP) is 3.26. The number of halogens is 2. The molecule has 102 valence electrons. The first-order chi connectivity index (χ1) is 8.99. The molecule has 1 aromatic heterocycles. The molecule has 1 atom stereocenters. The molecule has 2 N–H and O–H groups in total. The molecule has 0 aliphatic carbocycles. The Labute approximate surface area is 126 Å². The molecule has 2 aromatic rings. The summed E-state index contributed by atoms with van der Waals surface area (Å²) in [5.74, 6) is 0. The van der Waals surface area contributed by atoms with Crippen LogP contribution in [0, 0.1) is 6.92 Å². The third-order valence-electron chi connectivity index (χ3n) is 3.16. The average molecular weight is 343 g/mol. The highest BCUT2D eigenvalue weighted by atomic mass is 79.9. The van der Waals surface area contributed by atoms with Gasteiger partial charge < -0.3 is 5.73 Å². The van der Waals surface area contributed by atoms with Gasteiger partial charge in [0.1, 0.15) is 0 Å². The molecule has 0 saturated carbocycles. The van der Waals surface area contributed by atoms with E-state index in [4.69, 9.17) is 17.3 Å². The molecule has 3 nitrogen and oxygen atoms in total. The Balaban J connectivity index is 2.10. The van der Waals surface area contributed by atoms with Crippen LogP contribution in [0.3, 0.4) is 0 Å². The van der Waals surface area contributed by atoms with Crippen molar-refractivity contribution in [2.45, 2.75) is 25.8 Å². The zero-order valence-corrected chi connectivity index (χ0v) is 13.4. The third kappa shape index (κ3) is 3.38. The summed E-state index contributed by atoms with van der Waals surface area (Å²) < 4.78 is 2.93. The Morgan fingerprint density at radius 1 is 1.37 bits per heavy atom. The van der Waals surface area contributed by atoms with Crippen LogP contribution in [0.1, 0.15) is 17.0 Å². The second-order valence-corrected chi connectivity index (χ2v) is 5.93. The van der Waals surface area contributed by atoms with Crippen LogP contribution in [-0.2, 0) is 19.9 Å². The van der Waals surface area contributed by atoms with Crippen molar-refractivity contribution >= 4 is 27.5 Å². The van der Waals surface area contributed by atoms with Crippen LogP contribution in [-0.4, -0.2) is 15.8 Å². The van der Waals surface area contributed by atoms with Gasteiger partial charge in [0.2, 0.25) is 0 Å². The van der Waals surface area contributed by atoms with Gasteiger partial charge in [-0.05, 0) is 40.9 Å². The van der Waals surface area contributed by atoms with Crippen molar-refractivity contribution < 1.29 is 0 Å². The van der Waals surface area contributed by atoms with Crippen LogP contribution in [0.5, 0.6) is 0 Å². The Morgan fingerprint density at radius 3 is 2.63 bits per heavy atom. The van der Waals surface area contributed by atoms with E-state index in [2.05, 4.69) is 21.0 Å². The summed E-state index contributed by atoms with van der Waals surface area (Å²) in [7, 11) is 1.94. The maximum Gasteiger partial charge on any atom is 0.0738 e. The van der Waals surface area contributed by atoms with Crippen molar-refractivity contribution in [1.29, 1.82) is 0 Å². The molecule has 1 aromatic carbocycles. The fourth-order valence-electron chi connectivity index (χ4n) is 2.17. The van der Waals surface area contributed by atoms with Crippen molar-refractivity contribution in [3.8, 4) is 0 Å². The summed E-state index contributed by atoms with van der Waals surface area (Å²) in [6.07, 6.45) is 1.53. The van der Waals surface area contributed by atoms with E-state index in [1.165, 1.54) is 0 Å². The van der Waals surface area contributed by atoms with Gasteiger partial charge in [0.25, 0.3) is 0 Å². The average Bonchev–Trinajstić information content (AvgIpc) is 2.59. The number of nitrogens with zero attached hydrogens (tertiary/aromatic N) is 2. The Hall–Kier alpha value is -0.840. The van der Waals surface area contributed by atoms with Crippen molar-refractivity contribution in [2.24, 2.45) is 12.8 Å². The number of hydrogen-bond acceptors (Lipinski definition) is 2. The number of nitrogens with two attached hydrogens (primary N) is 1. The molecule has 0 aliphatic heterocycles. The standard InChI is InChI=1S/C14H17BrClN3/c1-9-14(15)13(19(2)18-9)8-11(17)7-10-5-3-4-6-12(10)16/h3-6,11H,7-8,17H2,1-2H3. The van der Waals surface area contributed by atoms with E-state index in [0.29, 0.717) is 0 Å². The lowest BCUT2D eigenvalue weighted by atomic mass is 10.0. The maximum absolute atomic E-state index is 6.23. The number of aromatic nitrogens is 2. The normalized spacial score (nSPS) is 12.7. The summed E-state index contributed by atoms with van der Waals surface area (Å²) in [6, 6.07) is 7.85. The van der Waals surface area contributed by atoms with E-state index >= 15 is 0 Å². The van der Waals surface area contributed by atoms with Crippen LogP contribution in [0.4, 0.5) is 0 Å². The van der Waals surface area contributed by atoms with Crippen LogP contribution >= 0.6 is 27.5 Å². The van der Waals surface area contributed by atoms with E-state index in [1.807, 2.05) is 42.9 Å². The van der Waals surface area contributed by atoms with Crippen LogP contribution in [0.15, 0.2) is 28.7 Å². The van der Waals surface area contributed by atoms with Crippen molar-refractivity contribution in [3.05, 3.63) is 50.7 Å². The topological polar surface area (TPSA) is 43.8 Å². The minimum atomic E-state index is 0.0194. The fourth-order valence-corrected chi connectivity index (χ4v) is 2.88. The molecule has 2 rings (SSSR count). The third-order valence-corrected chi connectivity index (χ3v) is 4.56. The van der Waals surface area contributed by atoms with Crippen LogP contribution < -0.4 is 5.73 Å². The summed E-state index contributed by atoms with van der Waals surface area (Å²) in [4.78, 5) is 0. The van der Waals surface area contributed by atoms with E-state index in [1.54, 1.807) is 0 Å². The highest BCUT2D eigenvalue weighted by Crippen LogP contribution is 2.23. The summed E-state index contributed by atoms with van der Waals surface area (Å²) in [6.45, 7) is 1.98. The number of benzene rings is 1. The SMILES string of the molecule is Cc1nn(C)c(CC(N)Cc2ccccc2Cl)c1Br. The van der Waals surface area contributed by atoms with Gasteiger partial charge in [-0.15, -0.1) is 0 Å². The first-order valence-electron chi connectivity index (χ1n) is 6.16. The van der Waals surface area contributed by atoms with Gasteiger partial charge in [-0.3, -0.25) is 4.68 Å². The van der Waals surface area contributed by atoms with Crippen LogP contribution in [0.2, 0.25) is 5.02 Å². The van der Waals surface area contributed by atoms with Crippen molar-refractivity contribution in [3.63, 3.8) is 0 Å². The van der Waals surface area contributed by atoms with Crippen molar-refractivity contribution in [2.75, 3.05) is 0 Å². The van der Waals surface area contributed by atoms with Crippen molar-refractivity contribution in [1.82, 2.24) is 9.78 Å². The molecular formula is C14H17BrClN3. The molecule has 0 radical (unpaired) electrons. The number of aryl methyl sites for hydroxylation is 2. The molecule has 0 bridgehead atoms. The first kappa shape index (κ1) is 14.6. The van der Waals surface area contributed by atoms with E-state index < -0.39 is 0 Å². The van der Waals surface area contributed by atoms with E-state index in [9.17, 15) is 0 Å². The van der Waals surface area contributed by atoms with Gasteiger partial charge in [-0.1, -0.05) is 29.8 Å². The quantitative estimate of drug-likeness (QED) is 0.927. The molecule has 0 saturated heterocycles. The van der Waals surface area contributed by atoms with Gasteiger partial charge in [-0.25, -0.2) is 0 Å². The van der Waals surface area contributed by atoms with Gasteiger partial charge in [0.05, 0.1) is 15.9 Å². The Morgan fingerprint density at radius 2 is 2.05 bits per heavy atom. The second-order valence-electron chi connectivity index (χ2n) is 4.73. The molecule has 1 heterocycles. The van der Waals surface area contributed by atoms with Gasteiger partial charge in [0.15, 0.2) is 0 Å². The summed E-state index contributed by atoms with van der Waals surface area (Å²) >= 11 is 9.72. The zero-order valence-electron chi connectivity index (χ0n) is 11.0. The summed E-state index contributed by atoms with van der Waals surface area (Å²) in [5, 5.41) is 5.15. The van der Waals surface area contributed by atoms with E-state index in [-0.39, 0.29) is 6.04 Å². The lowest BCUT2D eigenvalue weighted by molar-refractivity contribution is 0.611. The highest BCUT2D eigenvalue weighted by molar-refractivity contribution is 9.10. The smallest absolute Gasteiger partial charge is 0.0738 e. The van der Waals surface area contributed by atoms with E-state index in [0.717, 1.165) is 39.3 Å². The lowest BCUT2D eigenvalue weighted by Gasteiger charge is -2.13. The molecule has 0 fully saturated rings. The minimum Gasteiger partial charge on any atom is -0.327 e. The lowest BCUT2D eigenvalue weighted by Crippen LogP contribution is -2.27. The molecule has 5 heteroatoms. The molecular weight excluding hydrogens is 326 g/mol. The Kier molecular flexibility index (Phi) is 4.66. The molecule has 0 amide bonds.